The minimum absolute atomic E-state index is 0.00640. The molecule has 0 aromatic heterocycles. The van der Waals surface area contributed by atoms with E-state index in [4.69, 9.17) is 4.74 Å². The molecule has 0 atom stereocenters. The van der Waals surface area contributed by atoms with Gasteiger partial charge in [-0.2, -0.15) is 0 Å². The molecule has 1 saturated heterocycles. The second-order valence-corrected chi connectivity index (χ2v) is 6.69. The highest BCUT2D eigenvalue weighted by atomic mass is 32.2. The summed E-state index contributed by atoms with van der Waals surface area (Å²) in [6, 6.07) is 9.14. The summed E-state index contributed by atoms with van der Waals surface area (Å²) in [5, 5.41) is 30.7. The van der Waals surface area contributed by atoms with Gasteiger partial charge in [-0.25, -0.2) is 4.79 Å². The Morgan fingerprint density at radius 1 is 1.23 bits per heavy atom. The van der Waals surface area contributed by atoms with Gasteiger partial charge in [-0.15, -0.1) is 11.8 Å². The number of cyclic esters (lactones) is 1. The molecule has 2 aromatic rings. The lowest BCUT2D eigenvalue weighted by molar-refractivity contribution is -0.384. The molecule has 1 heterocycles. The van der Waals surface area contributed by atoms with E-state index in [-0.39, 0.29) is 23.2 Å². The lowest BCUT2D eigenvalue weighted by Gasteiger charge is -2.08. The third kappa shape index (κ3) is 3.97. The molecule has 134 valence electrons. The maximum atomic E-state index is 11.5. The fraction of sp³-hybridized carbons (Fsp3) is 0.167. The first-order valence-corrected chi connectivity index (χ1v) is 8.72. The van der Waals surface area contributed by atoms with Crippen LogP contribution in [0.15, 0.2) is 46.9 Å². The van der Waals surface area contributed by atoms with E-state index in [1.165, 1.54) is 30.0 Å². The van der Waals surface area contributed by atoms with Crippen molar-refractivity contribution in [3.05, 3.63) is 63.2 Å². The van der Waals surface area contributed by atoms with E-state index in [2.05, 4.69) is 0 Å². The number of nitro benzene ring substituents is 1. The highest BCUT2D eigenvalue weighted by molar-refractivity contribution is 7.98. The number of carbonyl (C=O) groups is 1. The number of hydrogen-bond acceptors (Lipinski definition) is 7. The molecule has 7 nitrogen and oxygen atoms in total. The number of phenols is 2. The van der Waals surface area contributed by atoms with Crippen molar-refractivity contribution in [3.63, 3.8) is 0 Å². The molecule has 0 radical (unpaired) electrons. The average Bonchev–Trinajstić information content (AvgIpc) is 3.02. The molecule has 2 aromatic carbocycles. The van der Waals surface area contributed by atoms with Gasteiger partial charge < -0.3 is 14.9 Å². The lowest BCUT2D eigenvalue weighted by atomic mass is 10.1. The van der Waals surface area contributed by atoms with Crippen molar-refractivity contribution in [2.24, 2.45) is 0 Å². The molecular formula is C18H15NO6S. The lowest BCUT2D eigenvalue weighted by Crippen LogP contribution is -1.94. The summed E-state index contributed by atoms with van der Waals surface area (Å²) >= 11 is 1.36. The molecule has 1 fully saturated rings. The largest absolute Gasteiger partial charge is 0.504 e. The van der Waals surface area contributed by atoms with E-state index >= 15 is 0 Å². The second-order valence-electron chi connectivity index (χ2n) is 5.64. The summed E-state index contributed by atoms with van der Waals surface area (Å²) in [7, 11) is 0. The molecule has 2 N–H and O–H groups in total. The standard InChI is InChI=1S/C18H15NO6S/c20-16-9-11(7-12-5-6-25-18(12)22)8-13(17(16)21)10-26-15-3-1-14(2-4-15)19(23)24/h1-4,7-9,20-21H,5-6,10H2/b12-7-. The van der Waals surface area contributed by atoms with Gasteiger partial charge in [-0.3, -0.25) is 10.1 Å². The molecule has 3 rings (SSSR count). The van der Waals surface area contributed by atoms with Crippen LogP contribution in [0, 0.1) is 10.1 Å². The number of nitro groups is 1. The zero-order chi connectivity index (χ0) is 18.7. The van der Waals surface area contributed by atoms with Gasteiger partial charge in [-0.05, 0) is 35.9 Å². The Hall–Kier alpha value is -3.00. The van der Waals surface area contributed by atoms with Crippen molar-refractivity contribution in [3.8, 4) is 11.5 Å². The Bertz CT molecular complexity index is 891. The summed E-state index contributed by atoms with van der Waals surface area (Å²) in [4.78, 5) is 22.5. The molecule has 0 saturated carbocycles. The van der Waals surface area contributed by atoms with Gasteiger partial charge >= 0.3 is 5.97 Å². The van der Waals surface area contributed by atoms with Crippen LogP contribution in [-0.4, -0.2) is 27.7 Å². The maximum absolute atomic E-state index is 11.5. The number of aromatic hydroxyl groups is 2. The zero-order valence-electron chi connectivity index (χ0n) is 13.5. The first kappa shape index (κ1) is 17.8. The zero-order valence-corrected chi connectivity index (χ0v) is 14.4. The number of phenolic OH excluding ortho intramolecular Hbond substituents is 2. The van der Waals surface area contributed by atoms with Crippen molar-refractivity contribution < 1.29 is 24.7 Å². The summed E-state index contributed by atoms with van der Waals surface area (Å²) in [6.45, 7) is 0.345. The van der Waals surface area contributed by atoms with Crippen molar-refractivity contribution in [2.45, 2.75) is 17.1 Å². The Labute approximate surface area is 153 Å². The smallest absolute Gasteiger partial charge is 0.334 e. The summed E-state index contributed by atoms with van der Waals surface area (Å²) < 4.78 is 4.88. The number of non-ortho nitro benzene ring substituents is 1. The van der Waals surface area contributed by atoms with E-state index < -0.39 is 4.92 Å². The van der Waals surface area contributed by atoms with Crippen LogP contribution in [0.4, 0.5) is 5.69 Å². The maximum Gasteiger partial charge on any atom is 0.334 e. The van der Waals surface area contributed by atoms with Gasteiger partial charge in [0.05, 0.1) is 11.5 Å². The Morgan fingerprint density at radius 2 is 1.96 bits per heavy atom. The first-order valence-electron chi connectivity index (χ1n) is 7.74. The number of benzene rings is 2. The molecule has 1 aliphatic heterocycles. The van der Waals surface area contributed by atoms with Gasteiger partial charge in [0.1, 0.15) is 0 Å². The fourth-order valence-electron chi connectivity index (χ4n) is 2.50. The molecular weight excluding hydrogens is 358 g/mol. The molecule has 26 heavy (non-hydrogen) atoms. The van der Waals surface area contributed by atoms with Crippen LogP contribution >= 0.6 is 11.8 Å². The van der Waals surface area contributed by atoms with Gasteiger partial charge in [-0.1, -0.05) is 0 Å². The highest BCUT2D eigenvalue weighted by Gasteiger charge is 2.19. The molecule has 0 unspecified atom stereocenters. The average molecular weight is 373 g/mol. The van der Waals surface area contributed by atoms with Crippen molar-refractivity contribution >= 4 is 29.5 Å². The minimum Gasteiger partial charge on any atom is -0.504 e. The Balaban J connectivity index is 1.78. The molecule has 0 aliphatic carbocycles. The van der Waals surface area contributed by atoms with Crippen LogP contribution in [-0.2, 0) is 15.3 Å². The quantitative estimate of drug-likeness (QED) is 0.206. The topological polar surface area (TPSA) is 110 Å². The third-order valence-electron chi connectivity index (χ3n) is 3.84. The molecule has 0 bridgehead atoms. The van der Waals surface area contributed by atoms with Crippen LogP contribution in [0.5, 0.6) is 11.5 Å². The van der Waals surface area contributed by atoms with Crippen molar-refractivity contribution in [1.29, 1.82) is 0 Å². The van der Waals surface area contributed by atoms with Gasteiger partial charge in [0.2, 0.25) is 0 Å². The first-order chi connectivity index (χ1) is 12.4. The van der Waals surface area contributed by atoms with Crippen molar-refractivity contribution in [1.82, 2.24) is 0 Å². The van der Waals surface area contributed by atoms with E-state index in [1.807, 2.05) is 0 Å². The van der Waals surface area contributed by atoms with Gasteiger partial charge in [0.25, 0.3) is 5.69 Å². The number of esters is 1. The normalized spacial score (nSPS) is 15.2. The number of ether oxygens (including phenoxy) is 1. The third-order valence-corrected chi connectivity index (χ3v) is 4.90. The number of hydrogen-bond donors (Lipinski definition) is 2. The highest BCUT2D eigenvalue weighted by Crippen LogP contribution is 2.36. The van der Waals surface area contributed by atoms with Crippen LogP contribution in [0.1, 0.15) is 17.5 Å². The Kier molecular flexibility index (Phi) is 5.13. The second kappa shape index (κ2) is 7.49. The summed E-state index contributed by atoms with van der Waals surface area (Å²) in [5.74, 6) is -0.529. The molecule has 8 heteroatoms. The van der Waals surface area contributed by atoms with Crippen LogP contribution in [0.25, 0.3) is 6.08 Å². The van der Waals surface area contributed by atoms with Crippen LogP contribution < -0.4 is 0 Å². The number of thioether (sulfide) groups is 1. The predicted molar refractivity (Wildman–Crippen MR) is 96.0 cm³/mol. The van der Waals surface area contributed by atoms with Gasteiger partial charge in [0, 0.05) is 40.3 Å². The van der Waals surface area contributed by atoms with E-state index in [0.717, 1.165) is 4.90 Å². The predicted octanol–water partition coefficient (Wildman–Crippen LogP) is 3.63. The number of nitrogens with zero attached hydrogens (tertiary/aromatic N) is 1. The monoisotopic (exact) mass is 373 g/mol. The van der Waals surface area contributed by atoms with Gasteiger partial charge in [0.15, 0.2) is 11.5 Å². The number of carbonyl (C=O) groups excluding carboxylic acids is 1. The van der Waals surface area contributed by atoms with Crippen LogP contribution in [0.2, 0.25) is 0 Å². The summed E-state index contributed by atoms with van der Waals surface area (Å²) in [6.07, 6.45) is 2.14. The molecule has 1 aliphatic rings. The van der Waals surface area contributed by atoms with E-state index in [1.54, 1.807) is 24.3 Å². The minimum atomic E-state index is -0.469. The Morgan fingerprint density at radius 3 is 2.58 bits per heavy atom. The molecule has 0 amide bonds. The van der Waals surface area contributed by atoms with E-state index in [9.17, 15) is 25.1 Å². The van der Waals surface area contributed by atoms with Crippen LogP contribution in [0.3, 0.4) is 0 Å². The van der Waals surface area contributed by atoms with E-state index in [0.29, 0.717) is 35.5 Å². The molecule has 0 spiro atoms. The fourth-order valence-corrected chi connectivity index (χ4v) is 3.37. The summed E-state index contributed by atoms with van der Waals surface area (Å²) in [5.41, 5.74) is 1.61. The number of rotatable bonds is 5. The SMILES string of the molecule is O=C1OCC/C1=C/c1cc(O)c(O)c(CSc2ccc([N+](=O)[O-])cc2)c1. The van der Waals surface area contributed by atoms with Crippen molar-refractivity contribution in [2.75, 3.05) is 6.61 Å².